The van der Waals surface area contributed by atoms with Crippen LogP contribution in [-0.4, -0.2) is 9.97 Å². The van der Waals surface area contributed by atoms with Crippen LogP contribution in [-0.2, 0) is 0 Å². The van der Waals surface area contributed by atoms with Gasteiger partial charge in [0.1, 0.15) is 0 Å². The molecular weight excluding hydrogens is 282 g/mol. The van der Waals surface area contributed by atoms with Gasteiger partial charge in [0.05, 0.1) is 22.8 Å². The second kappa shape index (κ2) is 4.96. The Morgan fingerprint density at radius 1 is 1.04 bits per heavy atom. The van der Waals surface area contributed by atoms with Crippen LogP contribution < -0.4 is 0 Å². The highest BCUT2D eigenvalue weighted by molar-refractivity contribution is 5.98. The van der Waals surface area contributed by atoms with Gasteiger partial charge in [0.15, 0.2) is 0 Å². The average Bonchev–Trinajstić information content (AvgIpc) is 2.97. The third kappa shape index (κ3) is 2.08. The molecule has 1 N–H and O–H groups in total. The van der Waals surface area contributed by atoms with Crippen molar-refractivity contribution < 1.29 is 0 Å². The molecule has 2 heterocycles. The van der Waals surface area contributed by atoms with Crippen molar-refractivity contribution in [2.24, 2.45) is 0 Å². The number of hydrogen-bond donors (Lipinski definition) is 1. The number of H-pyrrole nitrogens is 1. The number of aromatic amines is 1. The highest BCUT2D eigenvalue weighted by Crippen LogP contribution is 2.31. The zero-order valence-corrected chi connectivity index (χ0v) is 13.0. The molecule has 4 aromatic rings. The lowest BCUT2D eigenvalue weighted by atomic mass is 10.0. The minimum Gasteiger partial charge on any atom is -0.360 e. The maximum absolute atomic E-state index is 9.21. The molecule has 110 valence electrons. The Labute approximate surface area is 134 Å². The van der Waals surface area contributed by atoms with E-state index in [-0.39, 0.29) is 0 Å². The molecule has 0 aliphatic heterocycles. The molecule has 23 heavy (non-hydrogen) atoms. The molecule has 2 aromatic carbocycles. The Bertz CT molecular complexity index is 1100. The number of pyridine rings is 1. The zero-order valence-electron chi connectivity index (χ0n) is 13.0. The van der Waals surface area contributed by atoms with Crippen molar-refractivity contribution in [3.8, 4) is 17.3 Å². The highest BCUT2D eigenvalue weighted by atomic mass is 14.7. The first kappa shape index (κ1) is 13.5. The van der Waals surface area contributed by atoms with Gasteiger partial charge < -0.3 is 4.98 Å². The largest absolute Gasteiger partial charge is 0.360 e. The average molecular weight is 297 g/mol. The summed E-state index contributed by atoms with van der Waals surface area (Å²) in [5.41, 5.74) is 7.15. The van der Waals surface area contributed by atoms with Gasteiger partial charge >= 0.3 is 0 Å². The fraction of sp³-hybridized carbons (Fsp3) is 0.100. The van der Waals surface area contributed by atoms with E-state index in [0.29, 0.717) is 5.56 Å². The lowest BCUT2D eigenvalue weighted by Gasteiger charge is -2.05. The first-order chi connectivity index (χ1) is 11.2. The number of fused-ring (bicyclic) bond motifs is 2. The SMILES string of the molecule is Cc1cc(C)c2[nH]cc(-c3ccc4c(C#N)cccc4n3)c2c1. The Morgan fingerprint density at radius 2 is 1.91 bits per heavy atom. The van der Waals surface area contributed by atoms with Crippen molar-refractivity contribution in [2.45, 2.75) is 13.8 Å². The number of rotatable bonds is 1. The van der Waals surface area contributed by atoms with Crippen LogP contribution in [0.1, 0.15) is 16.7 Å². The van der Waals surface area contributed by atoms with Gasteiger partial charge in [0, 0.05) is 28.0 Å². The van der Waals surface area contributed by atoms with Crippen molar-refractivity contribution in [1.82, 2.24) is 9.97 Å². The van der Waals surface area contributed by atoms with E-state index in [1.807, 2.05) is 36.5 Å². The van der Waals surface area contributed by atoms with Gasteiger partial charge in [0.25, 0.3) is 0 Å². The maximum atomic E-state index is 9.21. The van der Waals surface area contributed by atoms with Crippen LogP contribution >= 0.6 is 0 Å². The number of hydrogen-bond acceptors (Lipinski definition) is 2. The fourth-order valence-electron chi connectivity index (χ4n) is 3.21. The highest BCUT2D eigenvalue weighted by Gasteiger charge is 2.11. The Balaban J connectivity index is 1.98. The first-order valence-electron chi connectivity index (χ1n) is 7.56. The monoisotopic (exact) mass is 297 g/mol. The van der Waals surface area contributed by atoms with E-state index in [0.717, 1.165) is 27.7 Å². The smallest absolute Gasteiger partial charge is 0.0998 e. The van der Waals surface area contributed by atoms with E-state index in [4.69, 9.17) is 4.98 Å². The summed E-state index contributed by atoms with van der Waals surface area (Å²) in [4.78, 5) is 8.13. The third-order valence-corrected chi connectivity index (χ3v) is 4.26. The number of aromatic nitrogens is 2. The molecule has 2 aromatic heterocycles. The summed E-state index contributed by atoms with van der Waals surface area (Å²) < 4.78 is 0. The molecule has 0 aliphatic carbocycles. The van der Waals surface area contributed by atoms with Crippen LogP contribution in [0.3, 0.4) is 0 Å². The van der Waals surface area contributed by atoms with Crippen LogP contribution in [0.2, 0.25) is 0 Å². The zero-order chi connectivity index (χ0) is 16.0. The van der Waals surface area contributed by atoms with Gasteiger partial charge in [-0.15, -0.1) is 0 Å². The summed E-state index contributed by atoms with van der Waals surface area (Å²) in [6, 6.07) is 16.2. The van der Waals surface area contributed by atoms with Gasteiger partial charge in [-0.3, -0.25) is 0 Å². The quantitative estimate of drug-likeness (QED) is 0.545. The summed E-state index contributed by atoms with van der Waals surface area (Å²) in [5.74, 6) is 0. The van der Waals surface area contributed by atoms with Crippen LogP contribution in [0, 0.1) is 25.2 Å². The van der Waals surface area contributed by atoms with Gasteiger partial charge in [-0.05, 0) is 49.7 Å². The summed E-state index contributed by atoms with van der Waals surface area (Å²) in [6.07, 6.45) is 2.01. The molecule has 0 atom stereocenters. The number of nitrogens with zero attached hydrogens (tertiary/aromatic N) is 2. The molecule has 0 saturated heterocycles. The molecule has 0 saturated carbocycles. The number of nitrogens with one attached hydrogen (secondary N) is 1. The van der Waals surface area contributed by atoms with Gasteiger partial charge in [0.2, 0.25) is 0 Å². The van der Waals surface area contributed by atoms with E-state index in [9.17, 15) is 5.26 Å². The lowest BCUT2D eigenvalue weighted by molar-refractivity contribution is 1.38. The van der Waals surface area contributed by atoms with Crippen molar-refractivity contribution in [2.75, 3.05) is 0 Å². The predicted molar refractivity (Wildman–Crippen MR) is 93.2 cm³/mol. The van der Waals surface area contributed by atoms with Crippen molar-refractivity contribution in [3.05, 3.63) is 65.4 Å². The maximum Gasteiger partial charge on any atom is 0.0998 e. The Hall–Kier alpha value is -3.12. The number of nitriles is 1. The van der Waals surface area contributed by atoms with Crippen LogP contribution in [0.25, 0.3) is 33.1 Å². The second-order valence-electron chi connectivity index (χ2n) is 5.89. The van der Waals surface area contributed by atoms with Crippen LogP contribution in [0.5, 0.6) is 0 Å². The normalized spacial score (nSPS) is 11.0. The van der Waals surface area contributed by atoms with E-state index >= 15 is 0 Å². The molecule has 0 bridgehead atoms. The van der Waals surface area contributed by atoms with Crippen molar-refractivity contribution in [1.29, 1.82) is 5.26 Å². The summed E-state index contributed by atoms with van der Waals surface area (Å²) in [7, 11) is 0. The standard InChI is InChI=1S/C20H15N3/c1-12-8-13(2)20-16(9-12)17(11-22-20)19-7-6-15-14(10-21)4-3-5-18(15)23-19/h3-9,11,22H,1-2H3. The summed E-state index contributed by atoms with van der Waals surface area (Å²) >= 11 is 0. The van der Waals surface area contributed by atoms with E-state index in [2.05, 4.69) is 37.0 Å². The topological polar surface area (TPSA) is 52.5 Å². The Kier molecular flexibility index (Phi) is 2.92. The van der Waals surface area contributed by atoms with Gasteiger partial charge in [-0.25, -0.2) is 4.98 Å². The summed E-state index contributed by atoms with van der Waals surface area (Å²) in [6.45, 7) is 4.22. The molecule has 0 aliphatic rings. The number of aryl methyl sites for hydroxylation is 2. The molecule has 0 radical (unpaired) electrons. The van der Waals surface area contributed by atoms with Gasteiger partial charge in [-0.2, -0.15) is 5.26 Å². The second-order valence-corrected chi connectivity index (χ2v) is 5.89. The lowest BCUT2D eigenvalue weighted by Crippen LogP contribution is -1.87. The van der Waals surface area contributed by atoms with E-state index < -0.39 is 0 Å². The van der Waals surface area contributed by atoms with Gasteiger partial charge in [-0.1, -0.05) is 17.7 Å². The molecule has 0 fully saturated rings. The number of benzene rings is 2. The van der Waals surface area contributed by atoms with E-state index in [1.165, 1.54) is 16.5 Å². The fourth-order valence-corrected chi connectivity index (χ4v) is 3.21. The Morgan fingerprint density at radius 3 is 2.74 bits per heavy atom. The third-order valence-electron chi connectivity index (χ3n) is 4.26. The van der Waals surface area contributed by atoms with E-state index in [1.54, 1.807) is 0 Å². The molecule has 3 nitrogen and oxygen atoms in total. The van der Waals surface area contributed by atoms with Crippen LogP contribution in [0.15, 0.2) is 48.7 Å². The van der Waals surface area contributed by atoms with Crippen LogP contribution in [0.4, 0.5) is 0 Å². The molecule has 0 amide bonds. The van der Waals surface area contributed by atoms with Crippen molar-refractivity contribution >= 4 is 21.8 Å². The molecule has 0 unspecified atom stereocenters. The predicted octanol–water partition coefficient (Wildman–Crippen LogP) is 4.87. The summed E-state index contributed by atoms with van der Waals surface area (Å²) in [5, 5.41) is 11.3. The molecular formula is C20H15N3. The molecule has 0 spiro atoms. The minimum absolute atomic E-state index is 0.659. The minimum atomic E-state index is 0.659. The van der Waals surface area contributed by atoms with Crippen molar-refractivity contribution in [3.63, 3.8) is 0 Å². The molecule has 3 heteroatoms. The molecule has 4 rings (SSSR count). The first-order valence-corrected chi connectivity index (χ1v) is 7.56.